The molecule has 94 valence electrons. The molecule has 0 aromatic carbocycles. The van der Waals surface area contributed by atoms with E-state index in [0.29, 0.717) is 0 Å². The number of unbranched alkanes of at least 4 members (excludes halogenated alkanes) is 2. The Hall–Kier alpha value is -0.260. The summed E-state index contributed by atoms with van der Waals surface area (Å²) < 4.78 is 4.96. The second kappa shape index (κ2) is 8.84. The van der Waals surface area contributed by atoms with E-state index in [1.807, 2.05) is 11.8 Å². The van der Waals surface area contributed by atoms with Gasteiger partial charge in [-0.25, -0.2) is 0 Å². The fraction of sp³-hybridized carbons (Fsp3) is 0.909. The zero-order valence-corrected chi connectivity index (χ0v) is 10.8. The van der Waals surface area contributed by atoms with Crippen LogP contribution in [0.5, 0.6) is 0 Å². The summed E-state index contributed by atoms with van der Waals surface area (Å²) in [5, 5.41) is 6.20. The van der Waals surface area contributed by atoms with E-state index in [1.165, 1.54) is 0 Å². The number of carbonyl (C=O) groups excluding carboxylic acids is 1. The highest BCUT2D eigenvalue weighted by atomic mass is 32.2. The van der Waals surface area contributed by atoms with E-state index in [4.69, 9.17) is 4.74 Å². The molecule has 1 fully saturated rings. The van der Waals surface area contributed by atoms with Crippen LogP contribution in [0.1, 0.15) is 19.3 Å². The Morgan fingerprint density at radius 3 is 3.06 bits per heavy atom. The van der Waals surface area contributed by atoms with Crippen molar-refractivity contribution >= 4 is 17.7 Å². The normalized spacial score (nSPS) is 20.7. The van der Waals surface area contributed by atoms with Gasteiger partial charge in [-0.15, -0.1) is 0 Å². The first-order valence-corrected chi connectivity index (χ1v) is 7.08. The standard InChI is InChI=1S/C11H22N2O2S/c1-15-7-4-2-3-5-13-11(14)10-9-16-8-6-12-10/h10,12H,2-9H2,1H3,(H,13,14). The van der Waals surface area contributed by atoms with E-state index in [9.17, 15) is 4.79 Å². The smallest absolute Gasteiger partial charge is 0.237 e. The highest BCUT2D eigenvalue weighted by molar-refractivity contribution is 7.99. The highest BCUT2D eigenvalue weighted by Gasteiger charge is 2.19. The van der Waals surface area contributed by atoms with Crippen LogP contribution in [0.4, 0.5) is 0 Å². The van der Waals surface area contributed by atoms with Crippen LogP contribution in [0.15, 0.2) is 0 Å². The van der Waals surface area contributed by atoms with Crippen LogP contribution in [0, 0.1) is 0 Å². The van der Waals surface area contributed by atoms with Crippen molar-refractivity contribution in [3.63, 3.8) is 0 Å². The molecule has 0 aromatic heterocycles. The van der Waals surface area contributed by atoms with E-state index in [2.05, 4.69) is 10.6 Å². The van der Waals surface area contributed by atoms with Gasteiger partial charge in [0, 0.05) is 38.3 Å². The van der Waals surface area contributed by atoms with Crippen molar-refractivity contribution in [2.45, 2.75) is 25.3 Å². The van der Waals surface area contributed by atoms with E-state index in [1.54, 1.807) is 7.11 Å². The Morgan fingerprint density at radius 1 is 1.50 bits per heavy atom. The van der Waals surface area contributed by atoms with Gasteiger partial charge in [-0.05, 0) is 19.3 Å². The van der Waals surface area contributed by atoms with Gasteiger partial charge in [-0.3, -0.25) is 4.79 Å². The summed E-state index contributed by atoms with van der Waals surface area (Å²) in [5.41, 5.74) is 0. The number of rotatable bonds is 7. The Labute approximate surface area is 102 Å². The van der Waals surface area contributed by atoms with Gasteiger partial charge in [0.1, 0.15) is 0 Å². The first-order chi connectivity index (χ1) is 7.84. The minimum atomic E-state index is 0.0118. The first-order valence-electron chi connectivity index (χ1n) is 5.92. The average Bonchev–Trinajstić information content (AvgIpc) is 2.34. The molecular weight excluding hydrogens is 224 g/mol. The van der Waals surface area contributed by atoms with Gasteiger partial charge in [0.05, 0.1) is 6.04 Å². The molecule has 16 heavy (non-hydrogen) atoms. The molecule has 1 aliphatic rings. The summed E-state index contributed by atoms with van der Waals surface area (Å²) in [6.45, 7) is 2.54. The zero-order chi connectivity index (χ0) is 11.6. The second-order valence-corrected chi connectivity index (χ2v) is 5.08. The number of methoxy groups -OCH3 is 1. The van der Waals surface area contributed by atoms with Crippen LogP contribution in [-0.2, 0) is 9.53 Å². The number of amides is 1. The molecule has 2 N–H and O–H groups in total. The summed E-state index contributed by atoms with van der Waals surface area (Å²) in [6.07, 6.45) is 3.22. The number of carbonyl (C=O) groups is 1. The van der Waals surface area contributed by atoms with Crippen LogP contribution >= 0.6 is 11.8 Å². The molecule has 1 rings (SSSR count). The zero-order valence-electron chi connectivity index (χ0n) is 9.96. The van der Waals surface area contributed by atoms with Crippen molar-refractivity contribution in [3.8, 4) is 0 Å². The fourth-order valence-corrected chi connectivity index (χ4v) is 2.55. The molecule has 1 atom stereocenters. The van der Waals surface area contributed by atoms with E-state index in [-0.39, 0.29) is 11.9 Å². The minimum absolute atomic E-state index is 0.0118. The lowest BCUT2D eigenvalue weighted by atomic mass is 10.2. The Morgan fingerprint density at radius 2 is 2.38 bits per heavy atom. The lowest BCUT2D eigenvalue weighted by Crippen LogP contribution is -2.49. The van der Waals surface area contributed by atoms with Gasteiger partial charge in [-0.2, -0.15) is 11.8 Å². The van der Waals surface area contributed by atoms with Crippen molar-refractivity contribution in [2.75, 3.05) is 38.3 Å². The largest absolute Gasteiger partial charge is 0.385 e. The predicted octanol–water partition coefficient (Wildman–Crippen LogP) is 0.624. The average molecular weight is 246 g/mol. The number of ether oxygens (including phenoxy) is 1. The molecular formula is C11H22N2O2S. The molecule has 1 saturated heterocycles. The predicted molar refractivity (Wildman–Crippen MR) is 67.9 cm³/mol. The molecule has 0 aliphatic carbocycles. The molecule has 1 unspecified atom stereocenters. The second-order valence-electron chi connectivity index (χ2n) is 3.93. The molecule has 0 radical (unpaired) electrons. The monoisotopic (exact) mass is 246 g/mol. The number of hydrogen-bond acceptors (Lipinski definition) is 4. The maximum atomic E-state index is 11.7. The van der Waals surface area contributed by atoms with Gasteiger partial charge in [0.15, 0.2) is 0 Å². The molecule has 0 aromatic rings. The van der Waals surface area contributed by atoms with Gasteiger partial charge < -0.3 is 15.4 Å². The highest BCUT2D eigenvalue weighted by Crippen LogP contribution is 2.07. The molecule has 5 heteroatoms. The van der Waals surface area contributed by atoms with Crippen molar-refractivity contribution in [1.82, 2.24) is 10.6 Å². The number of nitrogens with one attached hydrogen (secondary N) is 2. The molecule has 4 nitrogen and oxygen atoms in total. The Kier molecular flexibility index (Phi) is 7.63. The van der Waals surface area contributed by atoms with Crippen LogP contribution in [0.3, 0.4) is 0 Å². The van der Waals surface area contributed by atoms with Gasteiger partial charge in [0.2, 0.25) is 5.91 Å². The third-order valence-electron chi connectivity index (χ3n) is 2.56. The first kappa shape index (κ1) is 13.8. The molecule has 0 spiro atoms. The third-order valence-corrected chi connectivity index (χ3v) is 3.62. The van der Waals surface area contributed by atoms with Crippen molar-refractivity contribution < 1.29 is 9.53 Å². The van der Waals surface area contributed by atoms with Gasteiger partial charge >= 0.3 is 0 Å². The van der Waals surface area contributed by atoms with Crippen LogP contribution in [0.25, 0.3) is 0 Å². The summed E-state index contributed by atoms with van der Waals surface area (Å²) in [4.78, 5) is 11.7. The van der Waals surface area contributed by atoms with E-state index >= 15 is 0 Å². The van der Waals surface area contributed by atoms with Crippen molar-refractivity contribution in [1.29, 1.82) is 0 Å². The summed E-state index contributed by atoms with van der Waals surface area (Å²) in [5.74, 6) is 2.16. The maximum absolute atomic E-state index is 11.7. The quantitative estimate of drug-likeness (QED) is 0.647. The lowest BCUT2D eigenvalue weighted by molar-refractivity contribution is -0.122. The summed E-state index contributed by atoms with van der Waals surface area (Å²) in [7, 11) is 1.72. The Balaban J connectivity index is 1.97. The maximum Gasteiger partial charge on any atom is 0.237 e. The van der Waals surface area contributed by atoms with Crippen LogP contribution in [0.2, 0.25) is 0 Å². The van der Waals surface area contributed by atoms with Crippen LogP contribution in [-0.4, -0.2) is 50.3 Å². The topological polar surface area (TPSA) is 50.4 Å². The van der Waals surface area contributed by atoms with E-state index in [0.717, 1.165) is 50.5 Å². The third kappa shape index (κ3) is 5.72. The fourth-order valence-electron chi connectivity index (χ4n) is 1.62. The lowest BCUT2D eigenvalue weighted by Gasteiger charge is -2.22. The molecule has 0 saturated carbocycles. The number of hydrogen-bond donors (Lipinski definition) is 2. The molecule has 1 aliphatic heterocycles. The SMILES string of the molecule is COCCCCCNC(=O)C1CSCCN1. The van der Waals surface area contributed by atoms with Gasteiger partial charge in [0.25, 0.3) is 0 Å². The van der Waals surface area contributed by atoms with Crippen molar-refractivity contribution in [3.05, 3.63) is 0 Å². The molecule has 1 amide bonds. The van der Waals surface area contributed by atoms with Crippen molar-refractivity contribution in [2.24, 2.45) is 0 Å². The Bertz CT molecular complexity index is 196. The van der Waals surface area contributed by atoms with E-state index < -0.39 is 0 Å². The summed E-state index contributed by atoms with van der Waals surface area (Å²) >= 11 is 1.84. The van der Waals surface area contributed by atoms with Gasteiger partial charge in [-0.1, -0.05) is 0 Å². The minimum Gasteiger partial charge on any atom is -0.385 e. The van der Waals surface area contributed by atoms with Crippen LogP contribution < -0.4 is 10.6 Å². The summed E-state index contributed by atoms with van der Waals surface area (Å²) in [6, 6.07) is 0.0118. The number of thioether (sulfide) groups is 1. The molecule has 0 bridgehead atoms. The molecule has 1 heterocycles.